The van der Waals surface area contributed by atoms with Gasteiger partial charge in [0, 0.05) is 12.1 Å². The predicted molar refractivity (Wildman–Crippen MR) is 150 cm³/mol. The number of ether oxygens (including phenoxy) is 7. The molecule has 3 aliphatic rings. The average Bonchev–Trinajstić information content (AvgIpc) is 3.02. The molecule has 2 fully saturated rings. The summed E-state index contributed by atoms with van der Waals surface area (Å²) in [7, 11) is 2.67. The lowest BCUT2D eigenvalue weighted by molar-refractivity contribution is -0.287. The lowest BCUT2D eigenvalue weighted by Gasteiger charge is -2.40. The molecule has 16 heteroatoms. The highest BCUT2D eigenvalue weighted by Gasteiger charge is 2.47. The van der Waals surface area contributed by atoms with E-state index in [1.165, 1.54) is 51.5 Å². The van der Waals surface area contributed by atoms with Gasteiger partial charge >= 0.3 is 0 Å². The molecule has 16 nitrogen and oxygen atoms in total. The third-order valence-corrected chi connectivity index (χ3v) is 7.90. The molecular weight excluding hydrogens is 604 g/mol. The summed E-state index contributed by atoms with van der Waals surface area (Å²) >= 11 is 0. The number of methoxy groups -OCH3 is 2. The molecule has 0 aliphatic carbocycles. The Hall–Kier alpha value is -3.58. The quantitative estimate of drug-likeness (QED) is 0.148. The molecule has 0 spiro atoms. The first-order valence-corrected chi connectivity index (χ1v) is 14.0. The first-order valence-electron chi connectivity index (χ1n) is 14.0. The minimum Gasteiger partial charge on any atom is -0.571 e. The van der Waals surface area contributed by atoms with Gasteiger partial charge in [-0.3, -0.25) is 0 Å². The molecular formula is C29H37O16+. The minimum atomic E-state index is -1.76. The maximum absolute atomic E-state index is 10.7. The van der Waals surface area contributed by atoms with Crippen molar-refractivity contribution in [2.24, 2.45) is 0 Å². The summed E-state index contributed by atoms with van der Waals surface area (Å²) in [5, 5.41) is 92.7. The fourth-order valence-electron chi connectivity index (χ4n) is 5.31. The fraction of sp³-hybridized carbons (Fsp3) is 0.517. The molecule has 3 aliphatic heterocycles. The zero-order valence-electron chi connectivity index (χ0n) is 24.4. The van der Waals surface area contributed by atoms with Crippen LogP contribution in [0.2, 0.25) is 0 Å². The average molecular weight is 642 g/mol. The topological polar surface area (TPSA) is 250 Å². The maximum Gasteiger partial charge on any atom is 0.270 e. The molecule has 0 radical (unpaired) electrons. The smallest absolute Gasteiger partial charge is 0.270 e. The standard InChI is InChI=1S/C29H36O16/c1-10-20(32)23(35)25(37)28(41-10)44-18-8-13-14(42-27(18)11-4-16(39-2)21(33)17(5-11)40-3)6-12(31)7-15(13)43-29-26(38)24(36)22(34)19(9-30)45-29/h4-8,10,19-20,22-38H,9H2,1-3H3/p+1. The normalized spacial score (nSPS) is 34.6. The van der Waals surface area contributed by atoms with Gasteiger partial charge < -0.3 is 79.1 Å². The van der Waals surface area contributed by atoms with Crippen LogP contribution >= 0.6 is 0 Å². The van der Waals surface area contributed by atoms with Crippen LogP contribution in [-0.4, -0.2) is 133 Å². The van der Waals surface area contributed by atoms with Crippen molar-refractivity contribution in [3.05, 3.63) is 41.2 Å². The third kappa shape index (κ3) is 6.16. The van der Waals surface area contributed by atoms with Gasteiger partial charge in [0.1, 0.15) is 59.8 Å². The van der Waals surface area contributed by atoms with Crippen LogP contribution in [-0.2, 0) is 14.2 Å². The SMILES string of the molecule is COc1cc(C2[OH+]c3cc(O)cc(OC4OC(CO)C(O)C(O)C4O)c3C=C2OC2OC(C)C(O)C(O)C2O)cc(OC)c1O. The van der Waals surface area contributed by atoms with Crippen LogP contribution in [0.1, 0.15) is 24.2 Å². The Morgan fingerprint density at radius 3 is 1.93 bits per heavy atom. The van der Waals surface area contributed by atoms with E-state index < -0.39 is 74.1 Å². The van der Waals surface area contributed by atoms with Gasteiger partial charge in [-0.15, -0.1) is 0 Å². The van der Waals surface area contributed by atoms with Crippen LogP contribution in [0.15, 0.2) is 30.0 Å². The van der Waals surface area contributed by atoms with Crippen LogP contribution in [0.25, 0.3) is 6.08 Å². The molecule has 45 heavy (non-hydrogen) atoms. The lowest BCUT2D eigenvalue weighted by Crippen LogP contribution is -2.60. The zero-order valence-corrected chi connectivity index (χ0v) is 24.4. The third-order valence-electron chi connectivity index (χ3n) is 7.90. The molecule has 5 rings (SSSR count). The van der Waals surface area contributed by atoms with E-state index in [1.807, 2.05) is 0 Å². The highest BCUT2D eigenvalue weighted by atomic mass is 16.7. The Balaban J connectivity index is 1.58. The first-order chi connectivity index (χ1) is 21.4. The molecule has 2 saturated heterocycles. The van der Waals surface area contributed by atoms with E-state index in [1.54, 1.807) is 0 Å². The Kier molecular flexibility index (Phi) is 9.50. The molecule has 0 saturated carbocycles. The molecule has 0 bridgehead atoms. The van der Waals surface area contributed by atoms with Crippen molar-refractivity contribution < 1.29 is 79.1 Å². The number of hydrogen-bond acceptors (Lipinski definition) is 15. The van der Waals surface area contributed by atoms with Crippen molar-refractivity contribution in [2.45, 2.75) is 74.4 Å². The second-order valence-electron chi connectivity index (χ2n) is 10.8. The Bertz CT molecular complexity index is 1370. The number of phenols is 2. The molecule has 10 N–H and O–H groups in total. The summed E-state index contributed by atoms with van der Waals surface area (Å²) in [6.45, 7) is 0.785. The number of hydrogen-bond donors (Lipinski definition) is 9. The Labute approximate surface area is 256 Å². The number of benzene rings is 2. The summed E-state index contributed by atoms with van der Waals surface area (Å²) in [4.78, 5) is 0. The molecule has 3 heterocycles. The van der Waals surface area contributed by atoms with Crippen molar-refractivity contribution in [3.63, 3.8) is 0 Å². The van der Waals surface area contributed by atoms with Crippen molar-refractivity contribution in [3.8, 4) is 34.5 Å². The molecule has 2 aromatic carbocycles. The largest absolute Gasteiger partial charge is 0.571 e. The lowest BCUT2D eigenvalue weighted by atomic mass is 9.98. The number of rotatable bonds is 8. The maximum atomic E-state index is 10.7. The molecule has 0 amide bonds. The van der Waals surface area contributed by atoms with Crippen LogP contribution in [0.3, 0.4) is 0 Å². The number of aromatic hydroxyl groups is 3. The summed E-state index contributed by atoms with van der Waals surface area (Å²) in [6.07, 6.45) is -14.7. The van der Waals surface area contributed by atoms with E-state index in [0.717, 1.165) is 0 Å². The van der Waals surface area contributed by atoms with Gasteiger partial charge in [0.15, 0.2) is 17.3 Å². The van der Waals surface area contributed by atoms with Crippen molar-refractivity contribution in [2.75, 3.05) is 20.8 Å². The molecule has 0 aromatic heterocycles. The first kappa shape index (κ1) is 32.8. The highest BCUT2D eigenvalue weighted by molar-refractivity contribution is 5.70. The second-order valence-corrected chi connectivity index (χ2v) is 10.8. The van der Waals surface area contributed by atoms with Crippen LogP contribution in [0.4, 0.5) is 0 Å². The van der Waals surface area contributed by atoms with E-state index in [9.17, 15) is 46.0 Å². The molecule has 248 valence electrons. The summed E-state index contributed by atoms with van der Waals surface area (Å²) < 4.78 is 38.3. The van der Waals surface area contributed by atoms with Gasteiger partial charge in [0.2, 0.25) is 18.3 Å². The number of aliphatic hydroxyl groups is 8. The number of fused-ring (bicyclic) bond motifs is 1. The van der Waals surface area contributed by atoms with E-state index in [0.29, 0.717) is 5.56 Å². The zero-order chi connectivity index (χ0) is 32.7. The predicted octanol–water partition coefficient (Wildman–Crippen LogP) is -1.53. The molecule has 11 unspecified atom stereocenters. The van der Waals surface area contributed by atoms with Gasteiger partial charge in [0.25, 0.3) is 11.9 Å². The summed E-state index contributed by atoms with van der Waals surface area (Å²) in [5.74, 6) is -0.495. The summed E-state index contributed by atoms with van der Waals surface area (Å²) in [5.41, 5.74) is 0.532. The van der Waals surface area contributed by atoms with E-state index >= 15 is 0 Å². The van der Waals surface area contributed by atoms with Crippen molar-refractivity contribution in [1.82, 2.24) is 0 Å². The summed E-state index contributed by atoms with van der Waals surface area (Å²) in [6, 6.07) is 5.40. The monoisotopic (exact) mass is 641 g/mol. The van der Waals surface area contributed by atoms with Crippen LogP contribution < -0.4 is 14.2 Å². The molecule has 11 atom stereocenters. The highest BCUT2D eigenvalue weighted by Crippen LogP contribution is 2.48. The van der Waals surface area contributed by atoms with E-state index in [-0.39, 0.29) is 45.8 Å². The Morgan fingerprint density at radius 1 is 0.733 bits per heavy atom. The van der Waals surface area contributed by atoms with Crippen LogP contribution in [0, 0.1) is 0 Å². The van der Waals surface area contributed by atoms with Gasteiger partial charge in [-0.05, 0) is 19.1 Å². The second kappa shape index (κ2) is 13.0. The number of phenolic OH excluding ortho intramolecular Hbond substituents is 2. The minimum absolute atomic E-state index is 0.00137. The fourth-order valence-corrected chi connectivity index (χ4v) is 5.31. The van der Waals surface area contributed by atoms with E-state index in [2.05, 4.69) is 0 Å². The van der Waals surface area contributed by atoms with Gasteiger partial charge in [0.05, 0.1) is 38.6 Å². The van der Waals surface area contributed by atoms with Crippen LogP contribution in [0.5, 0.6) is 34.5 Å². The van der Waals surface area contributed by atoms with Crippen molar-refractivity contribution >= 4 is 6.08 Å². The molecule has 2 aromatic rings. The van der Waals surface area contributed by atoms with Gasteiger partial charge in [-0.25, -0.2) is 0 Å². The Morgan fingerprint density at radius 2 is 1.33 bits per heavy atom. The van der Waals surface area contributed by atoms with E-state index in [4.69, 9.17) is 33.2 Å². The van der Waals surface area contributed by atoms with Crippen molar-refractivity contribution in [1.29, 1.82) is 0 Å². The van der Waals surface area contributed by atoms with Gasteiger partial charge in [-0.1, -0.05) is 0 Å². The number of aliphatic hydroxyl groups excluding tert-OH is 7. The van der Waals surface area contributed by atoms with Gasteiger partial charge in [-0.2, -0.15) is 0 Å².